The Bertz CT molecular complexity index is 553. The smallest absolute Gasteiger partial charge is 0.241 e. The third-order valence-corrected chi connectivity index (χ3v) is 2.35. The molecule has 6 heteroatoms. The zero-order valence-electron chi connectivity index (χ0n) is 9.64. The van der Waals surface area contributed by atoms with E-state index >= 15 is 0 Å². The number of hydrogen-bond acceptors (Lipinski definition) is 3. The summed E-state index contributed by atoms with van der Waals surface area (Å²) in [5.74, 6) is -0.156. The summed E-state index contributed by atoms with van der Waals surface area (Å²) in [6.07, 6.45) is 1.62. The number of anilines is 1. The van der Waals surface area contributed by atoms with Crippen LogP contribution in [0.15, 0.2) is 36.5 Å². The molecule has 0 spiro atoms. The molecular formula is C12H13FN4O. The van der Waals surface area contributed by atoms with Gasteiger partial charge in [-0.05, 0) is 23.8 Å². The van der Waals surface area contributed by atoms with E-state index in [1.807, 2.05) is 0 Å². The highest BCUT2D eigenvalue weighted by atomic mass is 19.1. The molecule has 2 aromatic rings. The van der Waals surface area contributed by atoms with Crippen molar-refractivity contribution in [3.05, 3.63) is 47.9 Å². The van der Waals surface area contributed by atoms with Crippen LogP contribution in [-0.2, 0) is 17.9 Å². The van der Waals surface area contributed by atoms with E-state index in [-0.39, 0.29) is 24.8 Å². The molecule has 1 amide bonds. The van der Waals surface area contributed by atoms with Gasteiger partial charge >= 0.3 is 0 Å². The first-order valence-electron chi connectivity index (χ1n) is 5.43. The van der Waals surface area contributed by atoms with Gasteiger partial charge in [0, 0.05) is 12.7 Å². The highest BCUT2D eigenvalue weighted by Gasteiger charge is 2.04. The molecule has 0 atom stereocenters. The standard InChI is InChI=1S/C12H13FN4O/c13-10-3-1-2-9(6-10)7-15-12(18)8-17-5-4-11(14)16-17/h1-6H,7-8H2,(H2,14,16)(H,15,18). The van der Waals surface area contributed by atoms with E-state index in [2.05, 4.69) is 10.4 Å². The number of carbonyl (C=O) groups is 1. The van der Waals surface area contributed by atoms with Gasteiger partial charge in [0.05, 0.1) is 0 Å². The third-order valence-electron chi connectivity index (χ3n) is 2.35. The summed E-state index contributed by atoms with van der Waals surface area (Å²) in [6.45, 7) is 0.375. The predicted molar refractivity (Wildman–Crippen MR) is 64.9 cm³/mol. The van der Waals surface area contributed by atoms with Crippen LogP contribution < -0.4 is 11.1 Å². The second kappa shape index (κ2) is 5.31. The molecular weight excluding hydrogens is 235 g/mol. The average molecular weight is 248 g/mol. The Hall–Kier alpha value is -2.37. The van der Waals surface area contributed by atoms with Crippen LogP contribution >= 0.6 is 0 Å². The molecule has 0 aliphatic heterocycles. The van der Waals surface area contributed by atoms with Gasteiger partial charge in [-0.3, -0.25) is 9.48 Å². The van der Waals surface area contributed by atoms with E-state index in [0.29, 0.717) is 11.4 Å². The lowest BCUT2D eigenvalue weighted by molar-refractivity contribution is -0.122. The fourth-order valence-electron chi connectivity index (χ4n) is 1.52. The molecule has 1 aromatic carbocycles. The summed E-state index contributed by atoms with van der Waals surface area (Å²) in [5, 5.41) is 6.57. The van der Waals surface area contributed by atoms with Crippen LogP contribution in [-0.4, -0.2) is 15.7 Å². The minimum absolute atomic E-state index is 0.0898. The largest absolute Gasteiger partial charge is 0.382 e. The quantitative estimate of drug-likeness (QED) is 0.845. The lowest BCUT2D eigenvalue weighted by atomic mass is 10.2. The normalized spacial score (nSPS) is 10.3. The highest BCUT2D eigenvalue weighted by molar-refractivity contribution is 5.75. The van der Waals surface area contributed by atoms with Gasteiger partial charge in [0.15, 0.2) is 0 Å². The first-order valence-corrected chi connectivity index (χ1v) is 5.43. The van der Waals surface area contributed by atoms with E-state index in [0.717, 1.165) is 0 Å². The van der Waals surface area contributed by atoms with Crippen molar-refractivity contribution < 1.29 is 9.18 Å². The molecule has 0 aliphatic carbocycles. The van der Waals surface area contributed by atoms with Gasteiger partial charge in [0.1, 0.15) is 18.2 Å². The number of nitrogens with one attached hydrogen (secondary N) is 1. The van der Waals surface area contributed by atoms with Gasteiger partial charge in [-0.25, -0.2) is 4.39 Å². The fourth-order valence-corrected chi connectivity index (χ4v) is 1.52. The van der Waals surface area contributed by atoms with Crippen molar-refractivity contribution in [2.24, 2.45) is 0 Å². The second-order valence-electron chi connectivity index (χ2n) is 3.84. The van der Waals surface area contributed by atoms with E-state index in [1.165, 1.54) is 16.8 Å². The minimum Gasteiger partial charge on any atom is -0.382 e. The Kier molecular flexibility index (Phi) is 3.57. The van der Waals surface area contributed by atoms with Crippen molar-refractivity contribution >= 4 is 11.7 Å². The number of carbonyl (C=O) groups excluding carboxylic acids is 1. The molecule has 1 heterocycles. The Balaban J connectivity index is 1.85. The molecule has 0 aliphatic rings. The number of benzene rings is 1. The summed E-state index contributed by atoms with van der Waals surface area (Å²) in [4.78, 5) is 11.6. The number of hydrogen-bond donors (Lipinski definition) is 2. The van der Waals surface area contributed by atoms with Crippen molar-refractivity contribution in [3.8, 4) is 0 Å². The van der Waals surface area contributed by atoms with Crippen molar-refractivity contribution in [1.29, 1.82) is 0 Å². The summed E-state index contributed by atoms with van der Waals surface area (Å²) < 4.78 is 14.3. The minimum atomic E-state index is -0.318. The van der Waals surface area contributed by atoms with Gasteiger partial charge in [-0.2, -0.15) is 5.10 Å². The van der Waals surface area contributed by atoms with Crippen LogP contribution in [0.25, 0.3) is 0 Å². The van der Waals surface area contributed by atoms with Gasteiger partial charge in [-0.1, -0.05) is 12.1 Å². The lowest BCUT2D eigenvalue weighted by Gasteiger charge is -2.05. The number of halogens is 1. The topological polar surface area (TPSA) is 72.9 Å². The van der Waals surface area contributed by atoms with Gasteiger partial charge in [0.25, 0.3) is 0 Å². The second-order valence-corrected chi connectivity index (χ2v) is 3.84. The summed E-state index contributed by atoms with van der Waals surface area (Å²) >= 11 is 0. The molecule has 0 bridgehead atoms. The molecule has 0 saturated heterocycles. The summed E-state index contributed by atoms with van der Waals surface area (Å²) in [5.41, 5.74) is 6.14. The van der Waals surface area contributed by atoms with Crippen LogP contribution in [0.4, 0.5) is 10.2 Å². The van der Waals surface area contributed by atoms with E-state index in [9.17, 15) is 9.18 Å². The Labute approximate surface area is 103 Å². The first kappa shape index (κ1) is 12.1. The fraction of sp³-hybridized carbons (Fsp3) is 0.167. The Morgan fingerprint density at radius 1 is 1.44 bits per heavy atom. The van der Waals surface area contributed by atoms with Crippen molar-refractivity contribution in [2.45, 2.75) is 13.1 Å². The van der Waals surface area contributed by atoms with Crippen LogP contribution in [0, 0.1) is 5.82 Å². The van der Waals surface area contributed by atoms with Crippen LogP contribution in [0.5, 0.6) is 0 Å². The molecule has 5 nitrogen and oxygen atoms in total. The molecule has 0 radical (unpaired) electrons. The molecule has 1 aromatic heterocycles. The highest BCUT2D eigenvalue weighted by Crippen LogP contribution is 2.02. The van der Waals surface area contributed by atoms with E-state index < -0.39 is 0 Å². The number of amides is 1. The molecule has 0 unspecified atom stereocenters. The zero-order valence-corrected chi connectivity index (χ0v) is 9.64. The monoisotopic (exact) mass is 248 g/mol. The van der Waals surface area contributed by atoms with Crippen molar-refractivity contribution in [2.75, 3.05) is 5.73 Å². The van der Waals surface area contributed by atoms with Crippen LogP contribution in [0.2, 0.25) is 0 Å². The maximum Gasteiger partial charge on any atom is 0.241 e. The van der Waals surface area contributed by atoms with Crippen molar-refractivity contribution in [1.82, 2.24) is 15.1 Å². The summed E-state index contributed by atoms with van der Waals surface area (Å²) in [7, 11) is 0. The molecule has 0 saturated carbocycles. The molecule has 18 heavy (non-hydrogen) atoms. The maximum atomic E-state index is 12.9. The number of aromatic nitrogens is 2. The zero-order chi connectivity index (χ0) is 13.0. The van der Waals surface area contributed by atoms with Gasteiger partial charge < -0.3 is 11.1 Å². The van der Waals surface area contributed by atoms with E-state index in [1.54, 1.807) is 24.4 Å². The molecule has 3 N–H and O–H groups in total. The Morgan fingerprint density at radius 3 is 2.94 bits per heavy atom. The predicted octanol–water partition coefficient (Wildman–Crippen LogP) is 0.921. The summed E-state index contributed by atoms with van der Waals surface area (Å²) in [6, 6.07) is 7.70. The lowest BCUT2D eigenvalue weighted by Crippen LogP contribution is -2.27. The molecule has 0 fully saturated rings. The SMILES string of the molecule is Nc1ccn(CC(=O)NCc2cccc(F)c2)n1. The van der Waals surface area contributed by atoms with Crippen molar-refractivity contribution in [3.63, 3.8) is 0 Å². The number of nitrogens with two attached hydrogens (primary N) is 1. The maximum absolute atomic E-state index is 12.9. The van der Waals surface area contributed by atoms with Gasteiger partial charge in [0.2, 0.25) is 5.91 Å². The number of rotatable bonds is 4. The molecule has 94 valence electrons. The average Bonchev–Trinajstić information content (AvgIpc) is 2.72. The number of nitrogens with zero attached hydrogens (tertiary/aromatic N) is 2. The van der Waals surface area contributed by atoms with Crippen LogP contribution in [0.1, 0.15) is 5.56 Å². The Morgan fingerprint density at radius 2 is 2.28 bits per heavy atom. The first-order chi connectivity index (χ1) is 8.63. The van der Waals surface area contributed by atoms with Gasteiger partial charge in [-0.15, -0.1) is 0 Å². The van der Waals surface area contributed by atoms with Crippen LogP contribution in [0.3, 0.4) is 0 Å². The van der Waals surface area contributed by atoms with E-state index in [4.69, 9.17) is 5.73 Å². The third kappa shape index (κ3) is 3.31. The molecule has 2 rings (SSSR count). The number of nitrogen functional groups attached to an aromatic ring is 1.